The van der Waals surface area contributed by atoms with Crippen LogP contribution in [0.25, 0.3) is 0 Å². The van der Waals surface area contributed by atoms with E-state index in [9.17, 15) is 4.79 Å². The van der Waals surface area contributed by atoms with E-state index in [1.165, 1.54) is 0 Å². The summed E-state index contributed by atoms with van der Waals surface area (Å²) in [5.74, 6) is 1.08. The number of guanidine groups is 1. The van der Waals surface area contributed by atoms with E-state index in [0.29, 0.717) is 12.3 Å². The van der Waals surface area contributed by atoms with Gasteiger partial charge in [-0.2, -0.15) is 0 Å². The molecule has 1 rings (SSSR count). The van der Waals surface area contributed by atoms with Gasteiger partial charge in [-0.15, -0.1) is 24.0 Å². The van der Waals surface area contributed by atoms with Crippen molar-refractivity contribution in [3.63, 3.8) is 0 Å². The molecule has 1 heterocycles. The Balaban J connectivity index is 0.00000400. The van der Waals surface area contributed by atoms with Crippen LogP contribution in [0.15, 0.2) is 4.99 Å². The van der Waals surface area contributed by atoms with Crippen molar-refractivity contribution in [2.75, 3.05) is 39.9 Å². The molecule has 0 radical (unpaired) electrons. The Labute approximate surface area is 144 Å². The standard InChI is InChI=1S/C14H28N4O2.HI/c1-3-16-14(17-7-5-9-20-2)18-8-4-6-12(11-18)10-13(15)19;/h12H,3-11H2,1-2H3,(H2,15,19)(H,16,17);1H. The van der Waals surface area contributed by atoms with Crippen LogP contribution >= 0.6 is 24.0 Å². The summed E-state index contributed by atoms with van der Waals surface area (Å²) in [5, 5.41) is 3.32. The highest BCUT2D eigenvalue weighted by molar-refractivity contribution is 14.0. The molecule has 0 aromatic heterocycles. The van der Waals surface area contributed by atoms with Crippen LogP contribution < -0.4 is 11.1 Å². The molecule has 0 aromatic carbocycles. The van der Waals surface area contributed by atoms with Gasteiger partial charge in [-0.1, -0.05) is 0 Å². The highest BCUT2D eigenvalue weighted by Gasteiger charge is 2.23. The number of rotatable bonds is 7. The van der Waals surface area contributed by atoms with Crippen molar-refractivity contribution in [2.24, 2.45) is 16.6 Å². The van der Waals surface area contributed by atoms with Crippen LogP contribution in [0.5, 0.6) is 0 Å². The highest BCUT2D eigenvalue weighted by atomic mass is 127. The number of halogens is 1. The van der Waals surface area contributed by atoms with Crippen LogP contribution in [0, 0.1) is 5.92 Å². The van der Waals surface area contributed by atoms with Gasteiger partial charge in [-0.3, -0.25) is 9.79 Å². The number of aliphatic imine (C=N–C) groups is 1. The van der Waals surface area contributed by atoms with Crippen LogP contribution in [0.4, 0.5) is 0 Å². The lowest BCUT2D eigenvalue weighted by atomic mass is 9.95. The first-order chi connectivity index (χ1) is 9.67. The van der Waals surface area contributed by atoms with Gasteiger partial charge < -0.3 is 20.7 Å². The van der Waals surface area contributed by atoms with Gasteiger partial charge in [0.15, 0.2) is 5.96 Å². The van der Waals surface area contributed by atoms with E-state index in [2.05, 4.69) is 22.1 Å². The summed E-state index contributed by atoms with van der Waals surface area (Å²) in [5.41, 5.74) is 5.30. The lowest BCUT2D eigenvalue weighted by Gasteiger charge is -2.34. The van der Waals surface area contributed by atoms with E-state index in [4.69, 9.17) is 10.5 Å². The van der Waals surface area contributed by atoms with Crippen LogP contribution in [0.3, 0.4) is 0 Å². The van der Waals surface area contributed by atoms with E-state index in [-0.39, 0.29) is 29.9 Å². The first-order valence-corrected chi connectivity index (χ1v) is 7.47. The largest absolute Gasteiger partial charge is 0.385 e. The lowest BCUT2D eigenvalue weighted by Crippen LogP contribution is -2.47. The summed E-state index contributed by atoms with van der Waals surface area (Å²) in [6, 6.07) is 0. The van der Waals surface area contributed by atoms with Crippen molar-refractivity contribution in [1.82, 2.24) is 10.2 Å². The van der Waals surface area contributed by atoms with Gasteiger partial charge in [0.05, 0.1) is 0 Å². The topological polar surface area (TPSA) is 80.0 Å². The normalized spacial score (nSPS) is 19.0. The maximum Gasteiger partial charge on any atom is 0.217 e. The zero-order chi connectivity index (χ0) is 14.8. The quantitative estimate of drug-likeness (QED) is 0.285. The molecule has 7 heteroatoms. The molecule has 124 valence electrons. The molecule has 1 aliphatic rings. The van der Waals surface area contributed by atoms with Crippen molar-refractivity contribution < 1.29 is 9.53 Å². The number of carbonyl (C=O) groups excluding carboxylic acids is 1. The third-order valence-electron chi connectivity index (χ3n) is 3.41. The van der Waals surface area contributed by atoms with Crippen molar-refractivity contribution in [3.8, 4) is 0 Å². The summed E-state index contributed by atoms with van der Waals surface area (Å²) < 4.78 is 5.04. The molecule has 0 spiro atoms. The van der Waals surface area contributed by atoms with Crippen molar-refractivity contribution >= 4 is 35.8 Å². The van der Waals surface area contributed by atoms with Crippen molar-refractivity contribution in [3.05, 3.63) is 0 Å². The summed E-state index contributed by atoms with van der Waals surface area (Å²) in [4.78, 5) is 17.9. The lowest BCUT2D eigenvalue weighted by molar-refractivity contribution is -0.119. The molecule has 21 heavy (non-hydrogen) atoms. The van der Waals surface area contributed by atoms with E-state index in [1.54, 1.807) is 7.11 Å². The number of ether oxygens (including phenoxy) is 1. The molecule has 1 unspecified atom stereocenters. The summed E-state index contributed by atoms with van der Waals surface area (Å²) in [6.45, 7) is 6.25. The molecule has 1 saturated heterocycles. The van der Waals surface area contributed by atoms with Crippen LogP contribution in [0.2, 0.25) is 0 Å². The van der Waals surface area contributed by atoms with E-state index >= 15 is 0 Å². The van der Waals surface area contributed by atoms with Gasteiger partial charge in [0.2, 0.25) is 5.91 Å². The first-order valence-electron chi connectivity index (χ1n) is 7.47. The molecule has 3 N–H and O–H groups in total. The van der Waals surface area contributed by atoms with E-state index in [1.807, 2.05) is 0 Å². The SMILES string of the molecule is CCNC(=NCCCOC)N1CCCC(CC(N)=O)C1.I. The fourth-order valence-electron chi connectivity index (χ4n) is 2.53. The smallest absolute Gasteiger partial charge is 0.217 e. The maximum atomic E-state index is 11.1. The number of hydrogen-bond acceptors (Lipinski definition) is 3. The van der Waals surface area contributed by atoms with Gasteiger partial charge in [-0.25, -0.2) is 0 Å². The molecule has 1 fully saturated rings. The molecule has 6 nitrogen and oxygen atoms in total. The Morgan fingerprint density at radius 2 is 2.29 bits per heavy atom. The minimum Gasteiger partial charge on any atom is -0.385 e. The summed E-state index contributed by atoms with van der Waals surface area (Å²) in [6.07, 6.45) is 3.55. The van der Waals surface area contributed by atoms with E-state index in [0.717, 1.165) is 58.0 Å². The molecule has 0 aromatic rings. The number of piperidine rings is 1. The second kappa shape index (κ2) is 12.0. The molecule has 0 aliphatic carbocycles. The molecule has 0 saturated carbocycles. The second-order valence-corrected chi connectivity index (χ2v) is 5.21. The molecular weight excluding hydrogens is 383 g/mol. The van der Waals surface area contributed by atoms with Crippen LogP contribution in [-0.4, -0.2) is 56.7 Å². The maximum absolute atomic E-state index is 11.1. The molecule has 0 bridgehead atoms. The number of primary amides is 1. The predicted molar refractivity (Wildman–Crippen MR) is 96.0 cm³/mol. The van der Waals surface area contributed by atoms with Crippen molar-refractivity contribution in [1.29, 1.82) is 0 Å². The zero-order valence-electron chi connectivity index (χ0n) is 13.1. The van der Waals surface area contributed by atoms with Crippen molar-refractivity contribution in [2.45, 2.75) is 32.6 Å². The van der Waals surface area contributed by atoms with Crippen LogP contribution in [0.1, 0.15) is 32.6 Å². The van der Waals surface area contributed by atoms with Gasteiger partial charge in [0, 0.05) is 46.3 Å². The van der Waals surface area contributed by atoms with Gasteiger partial charge >= 0.3 is 0 Å². The van der Waals surface area contributed by atoms with E-state index < -0.39 is 0 Å². The fourth-order valence-corrected chi connectivity index (χ4v) is 2.53. The number of nitrogens with zero attached hydrogens (tertiary/aromatic N) is 2. The number of methoxy groups -OCH3 is 1. The molecule has 1 amide bonds. The third-order valence-corrected chi connectivity index (χ3v) is 3.41. The average Bonchev–Trinajstić information content (AvgIpc) is 2.42. The van der Waals surface area contributed by atoms with Gasteiger partial charge in [0.1, 0.15) is 0 Å². The Kier molecular flexibility index (Phi) is 11.7. The fraction of sp³-hybridized carbons (Fsp3) is 0.857. The summed E-state index contributed by atoms with van der Waals surface area (Å²) in [7, 11) is 1.70. The highest BCUT2D eigenvalue weighted by Crippen LogP contribution is 2.19. The average molecular weight is 412 g/mol. The number of nitrogens with one attached hydrogen (secondary N) is 1. The minimum atomic E-state index is -0.209. The molecular formula is C14H29IN4O2. The van der Waals surface area contributed by atoms with Gasteiger partial charge in [-0.05, 0) is 32.1 Å². The Bertz CT molecular complexity index is 326. The number of nitrogens with two attached hydrogens (primary N) is 1. The Morgan fingerprint density at radius 1 is 1.52 bits per heavy atom. The number of likely N-dealkylation sites (tertiary alicyclic amines) is 1. The Hall–Kier alpha value is -0.570. The van der Waals surface area contributed by atoms with Gasteiger partial charge in [0.25, 0.3) is 0 Å². The number of carbonyl (C=O) groups is 1. The second-order valence-electron chi connectivity index (χ2n) is 5.21. The predicted octanol–water partition coefficient (Wildman–Crippen LogP) is 1.19. The number of hydrogen-bond donors (Lipinski definition) is 2. The Morgan fingerprint density at radius 3 is 2.90 bits per heavy atom. The minimum absolute atomic E-state index is 0. The molecule has 1 aliphatic heterocycles. The zero-order valence-corrected chi connectivity index (χ0v) is 15.5. The van der Waals surface area contributed by atoms with Crippen LogP contribution in [-0.2, 0) is 9.53 Å². The molecule has 1 atom stereocenters. The first kappa shape index (κ1) is 20.4. The summed E-state index contributed by atoms with van der Waals surface area (Å²) >= 11 is 0. The third kappa shape index (κ3) is 8.45. The monoisotopic (exact) mass is 412 g/mol. The number of amides is 1.